The standard InChI is InChI=1S/C15H21NO3/c1-12-6-5-9-14(15(17)18)16(12)10-11-19-13-7-3-2-4-8-13/h2-4,7-8,12,14H,5-6,9-11H2,1H3,(H,17,18). The average molecular weight is 263 g/mol. The van der Waals surface area contributed by atoms with Gasteiger partial charge < -0.3 is 9.84 Å². The highest BCUT2D eigenvalue weighted by Crippen LogP contribution is 2.22. The number of nitrogens with zero attached hydrogens (tertiary/aromatic N) is 1. The van der Waals surface area contributed by atoms with E-state index in [1.807, 2.05) is 30.3 Å². The maximum Gasteiger partial charge on any atom is 0.320 e. The molecule has 1 N–H and O–H groups in total. The molecule has 1 aromatic rings. The third-order valence-corrected chi connectivity index (χ3v) is 3.71. The third kappa shape index (κ3) is 3.70. The number of carboxylic acid groups (broad SMARTS) is 1. The molecule has 104 valence electrons. The van der Waals surface area contributed by atoms with Gasteiger partial charge in [-0.3, -0.25) is 9.69 Å². The van der Waals surface area contributed by atoms with E-state index in [0.29, 0.717) is 19.2 Å². The Morgan fingerprint density at radius 3 is 2.79 bits per heavy atom. The molecule has 2 unspecified atom stereocenters. The van der Waals surface area contributed by atoms with E-state index in [1.165, 1.54) is 0 Å². The van der Waals surface area contributed by atoms with Gasteiger partial charge in [-0.05, 0) is 38.3 Å². The molecule has 1 fully saturated rings. The molecule has 4 nitrogen and oxygen atoms in total. The van der Waals surface area contributed by atoms with E-state index in [4.69, 9.17) is 4.74 Å². The van der Waals surface area contributed by atoms with Gasteiger partial charge in [0.2, 0.25) is 0 Å². The van der Waals surface area contributed by atoms with Crippen LogP contribution in [-0.4, -0.2) is 41.2 Å². The average Bonchev–Trinajstić information content (AvgIpc) is 2.41. The number of benzene rings is 1. The van der Waals surface area contributed by atoms with Crippen molar-refractivity contribution in [3.63, 3.8) is 0 Å². The van der Waals surface area contributed by atoms with Gasteiger partial charge in [-0.2, -0.15) is 0 Å². The Morgan fingerprint density at radius 2 is 2.11 bits per heavy atom. The summed E-state index contributed by atoms with van der Waals surface area (Å²) in [7, 11) is 0. The highest BCUT2D eigenvalue weighted by Gasteiger charge is 2.32. The molecular weight excluding hydrogens is 242 g/mol. The molecule has 0 aromatic heterocycles. The number of carbonyl (C=O) groups is 1. The van der Waals surface area contributed by atoms with Crippen LogP contribution in [0.4, 0.5) is 0 Å². The monoisotopic (exact) mass is 263 g/mol. The number of ether oxygens (including phenoxy) is 1. The predicted octanol–water partition coefficient (Wildman–Crippen LogP) is 2.39. The Kier molecular flexibility index (Phi) is 4.80. The lowest BCUT2D eigenvalue weighted by Gasteiger charge is -2.38. The molecule has 19 heavy (non-hydrogen) atoms. The summed E-state index contributed by atoms with van der Waals surface area (Å²) < 4.78 is 5.65. The fourth-order valence-corrected chi connectivity index (χ4v) is 2.67. The lowest BCUT2D eigenvalue weighted by molar-refractivity contribution is -0.146. The quantitative estimate of drug-likeness (QED) is 0.886. The Bertz CT molecular complexity index is 407. The van der Waals surface area contributed by atoms with E-state index in [2.05, 4.69) is 11.8 Å². The van der Waals surface area contributed by atoms with Crippen molar-refractivity contribution in [2.24, 2.45) is 0 Å². The molecule has 0 bridgehead atoms. The molecule has 0 spiro atoms. The summed E-state index contributed by atoms with van der Waals surface area (Å²) in [6, 6.07) is 9.58. The van der Waals surface area contributed by atoms with Crippen LogP contribution in [0.1, 0.15) is 26.2 Å². The molecule has 1 saturated heterocycles. The molecular formula is C15H21NO3. The zero-order valence-electron chi connectivity index (χ0n) is 11.3. The lowest BCUT2D eigenvalue weighted by Crippen LogP contribution is -2.50. The van der Waals surface area contributed by atoms with Crippen LogP contribution in [0, 0.1) is 0 Å². The second-order valence-electron chi connectivity index (χ2n) is 5.03. The minimum Gasteiger partial charge on any atom is -0.492 e. The molecule has 1 aliphatic rings. The Balaban J connectivity index is 1.87. The third-order valence-electron chi connectivity index (χ3n) is 3.71. The first-order chi connectivity index (χ1) is 9.18. The Hall–Kier alpha value is -1.55. The number of piperidine rings is 1. The number of hydrogen-bond donors (Lipinski definition) is 1. The van der Waals surface area contributed by atoms with Crippen LogP contribution >= 0.6 is 0 Å². The molecule has 4 heteroatoms. The maximum absolute atomic E-state index is 11.3. The minimum absolute atomic E-state index is 0.314. The van der Waals surface area contributed by atoms with Gasteiger partial charge in [0.05, 0.1) is 0 Å². The van der Waals surface area contributed by atoms with E-state index < -0.39 is 5.97 Å². The van der Waals surface area contributed by atoms with Gasteiger partial charge in [0.25, 0.3) is 0 Å². The normalized spacial score (nSPS) is 24.1. The first-order valence-electron chi connectivity index (χ1n) is 6.85. The lowest BCUT2D eigenvalue weighted by atomic mass is 9.96. The predicted molar refractivity (Wildman–Crippen MR) is 73.4 cm³/mol. The first kappa shape index (κ1) is 13.9. The van der Waals surface area contributed by atoms with Crippen LogP contribution in [0.3, 0.4) is 0 Å². The topological polar surface area (TPSA) is 49.8 Å². The smallest absolute Gasteiger partial charge is 0.320 e. The number of rotatable bonds is 5. The van der Waals surface area contributed by atoms with Crippen LogP contribution in [-0.2, 0) is 4.79 Å². The number of likely N-dealkylation sites (tertiary alicyclic amines) is 1. The maximum atomic E-state index is 11.3. The Morgan fingerprint density at radius 1 is 1.37 bits per heavy atom. The van der Waals surface area contributed by atoms with Crippen LogP contribution in [0.25, 0.3) is 0 Å². The van der Waals surface area contributed by atoms with Gasteiger partial charge in [-0.1, -0.05) is 18.2 Å². The van der Waals surface area contributed by atoms with Crippen LogP contribution in [0.2, 0.25) is 0 Å². The highest BCUT2D eigenvalue weighted by atomic mass is 16.5. The van der Waals surface area contributed by atoms with Crippen molar-refractivity contribution in [3.8, 4) is 5.75 Å². The van der Waals surface area contributed by atoms with E-state index in [9.17, 15) is 9.90 Å². The summed E-state index contributed by atoms with van der Waals surface area (Å²) in [6.45, 7) is 3.28. The van der Waals surface area contributed by atoms with Crippen molar-refractivity contribution in [2.45, 2.75) is 38.3 Å². The van der Waals surface area contributed by atoms with Crippen LogP contribution in [0.15, 0.2) is 30.3 Å². The number of hydrogen-bond acceptors (Lipinski definition) is 3. The van der Waals surface area contributed by atoms with Gasteiger partial charge in [0.15, 0.2) is 0 Å². The molecule has 2 rings (SSSR count). The number of para-hydroxylation sites is 1. The molecule has 0 saturated carbocycles. The molecule has 0 radical (unpaired) electrons. The summed E-state index contributed by atoms with van der Waals surface area (Å²) in [6.07, 6.45) is 2.80. The summed E-state index contributed by atoms with van der Waals surface area (Å²) >= 11 is 0. The van der Waals surface area contributed by atoms with Crippen molar-refractivity contribution in [1.29, 1.82) is 0 Å². The van der Waals surface area contributed by atoms with Gasteiger partial charge in [0, 0.05) is 12.6 Å². The fraction of sp³-hybridized carbons (Fsp3) is 0.533. The number of aliphatic carboxylic acids is 1. The molecule has 1 aliphatic heterocycles. The van der Waals surface area contributed by atoms with Crippen molar-refractivity contribution in [2.75, 3.05) is 13.2 Å². The number of carboxylic acids is 1. The highest BCUT2D eigenvalue weighted by molar-refractivity contribution is 5.73. The molecule has 1 heterocycles. The van der Waals surface area contributed by atoms with E-state index in [0.717, 1.165) is 25.0 Å². The summed E-state index contributed by atoms with van der Waals surface area (Å²) in [4.78, 5) is 13.3. The van der Waals surface area contributed by atoms with Gasteiger partial charge in [-0.15, -0.1) is 0 Å². The fourth-order valence-electron chi connectivity index (χ4n) is 2.67. The van der Waals surface area contributed by atoms with Crippen LogP contribution in [0.5, 0.6) is 5.75 Å². The van der Waals surface area contributed by atoms with Crippen LogP contribution < -0.4 is 4.74 Å². The minimum atomic E-state index is -0.716. The molecule has 1 aromatic carbocycles. The first-order valence-corrected chi connectivity index (χ1v) is 6.85. The molecule has 0 amide bonds. The summed E-state index contributed by atoms with van der Waals surface area (Å²) in [5.41, 5.74) is 0. The SMILES string of the molecule is CC1CCCC(C(=O)O)N1CCOc1ccccc1. The second kappa shape index (κ2) is 6.57. The van der Waals surface area contributed by atoms with Gasteiger partial charge in [0.1, 0.15) is 18.4 Å². The largest absolute Gasteiger partial charge is 0.492 e. The van der Waals surface area contributed by atoms with Crippen molar-refractivity contribution in [3.05, 3.63) is 30.3 Å². The van der Waals surface area contributed by atoms with E-state index in [-0.39, 0.29) is 6.04 Å². The molecule has 0 aliphatic carbocycles. The zero-order chi connectivity index (χ0) is 13.7. The van der Waals surface area contributed by atoms with Crippen molar-refractivity contribution in [1.82, 2.24) is 4.90 Å². The second-order valence-corrected chi connectivity index (χ2v) is 5.03. The van der Waals surface area contributed by atoms with E-state index >= 15 is 0 Å². The van der Waals surface area contributed by atoms with Crippen molar-refractivity contribution >= 4 is 5.97 Å². The Labute approximate surface area is 114 Å². The van der Waals surface area contributed by atoms with Gasteiger partial charge >= 0.3 is 5.97 Å². The zero-order valence-corrected chi connectivity index (χ0v) is 11.3. The summed E-state index contributed by atoms with van der Waals surface area (Å²) in [5.74, 6) is 0.116. The summed E-state index contributed by atoms with van der Waals surface area (Å²) in [5, 5.41) is 9.26. The van der Waals surface area contributed by atoms with Gasteiger partial charge in [-0.25, -0.2) is 0 Å². The van der Waals surface area contributed by atoms with E-state index in [1.54, 1.807) is 0 Å². The van der Waals surface area contributed by atoms with Crippen molar-refractivity contribution < 1.29 is 14.6 Å². The molecule has 2 atom stereocenters.